The second-order valence-electron chi connectivity index (χ2n) is 6.07. The van der Waals surface area contributed by atoms with Gasteiger partial charge in [-0.1, -0.05) is 0 Å². The predicted octanol–water partition coefficient (Wildman–Crippen LogP) is 4.15. The molecule has 0 aliphatic carbocycles. The van der Waals surface area contributed by atoms with E-state index in [0.29, 0.717) is 16.7 Å². The zero-order valence-electron chi connectivity index (χ0n) is 14.3. The Kier molecular flexibility index (Phi) is 4.19. The van der Waals surface area contributed by atoms with Crippen LogP contribution in [0.5, 0.6) is 5.75 Å². The normalized spacial score (nSPS) is 16.0. The number of rotatable bonds is 4. The highest BCUT2D eigenvalue weighted by atomic mass is 35.5. The van der Waals surface area contributed by atoms with Crippen LogP contribution >= 0.6 is 11.6 Å². The van der Waals surface area contributed by atoms with Crippen molar-refractivity contribution in [1.82, 2.24) is 9.55 Å². The Balaban J connectivity index is 1.59. The summed E-state index contributed by atoms with van der Waals surface area (Å²) in [6.07, 6.45) is 1.06. The highest BCUT2D eigenvalue weighted by Gasteiger charge is 2.28. The van der Waals surface area contributed by atoms with Gasteiger partial charge in [-0.15, -0.1) is 8.78 Å². The van der Waals surface area contributed by atoms with Crippen molar-refractivity contribution in [3.05, 3.63) is 53.9 Å². The monoisotopic (exact) mass is 407 g/mol. The quantitative estimate of drug-likeness (QED) is 0.519. The molecule has 144 valence electrons. The van der Waals surface area contributed by atoms with Gasteiger partial charge in [-0.2, -0.15) is 0 Å². The van der Waals surface area contributed by atoms with E-state index in [1.54, 1.807) is 23.9 Å². The highest BCUT2D eigenvalue weighted by Crippen LogP contribution is 2.30. The van der Waals surface area contributed by atoms with Crippen molar-refractivity contribution < 1.29 is 27.8 Å². The number of esters is 1. The van der Waals surface area contributed by atoms with E-state index in [-0.39, 0.29) is 16.9 Å². The van der Waals surface area contributed by atoms with Gasteiger partial charge >= 0.3 is 11.5 Å². The first-order chi connectivity index (χ1) is 13.2. The van der Waals surface area contributed by atoms with Crippen molar-refractivity contribution in [3.63, 3.8) is 0 Å². The van der Waals surface area contributed by atoms with Gasteiger partial charge in [-0.25, -0.2) is 9.78 Å². The lowest BCUT2D eigenvalue weighted by Gasteiger charge is -2.22. The number of hydrogen-bond donors (Lipinski definition) is 1. The third-order valence-corrected chi connectivity index (χ3v) is 4.24. The summed E-state index contributed by atoms with van der Waals surface area (Å²) in [6, 6.07) is 8.21. The number of carbonyl (C=O) groups is 2. The largest absolute Gasteiger partial charge is 0.487 e. The number of aromatic nitrogens is 2. The smallest absolute Gasteiger partial charge is 0.438 e. The summed E-state index contributed by atoms with van der Waals surface area (Å²) in [4.78, 5) is 29.0. The molecule has 1 amide bonds. The molecule has 0 saturated heterocycles. The summed E-state index contributed by atoms with van der Waals surface area (Å²) < 4.78 is 36.4. The molecular weight excluding hydrogens is 396 g/mol. The van der Waals surface area contributed by atoms with E-state index in [4.69, 9.17) is 16.3 Å². The third kappa shape index (κ3) is 3.36. The maximum absolute atomic E-state index is 12.6. The number of cyclic esters (lactones) is 1. The second kappa shape index (κ2) is 6.45. The van der Waals surface area contributed by atoms with Crippen LogP contribution in [0.4, 0.5) is 14.5 Å². The minimum Gasteiger partial charge on any atom is -0.438 e. The van der Waals surface area contributed by atoms with Crippen LogP contribution in [-0.2, 0) is 4.74 Å². The standard InChI is InChI=1S/C18H12ClF2N3O4/c1-9-24-8-22-14-7-10(6-13(15(14)24)17(26)27-9)16(25)23-11-2-4-12(5-3-11)28-18(19,20)21/h2-9H,1H3,(H,23,25). The van der Waals surface area contributed by atoms with E-state index in [0.717, 1.165) is 0 Å². The van der Waals surface area contributed by atoms with E-state index in [2.05, 4.69) is 15.0 Å². The molecule has 2 heterocycles. The molecule has 1 N–H and O–H groups in total. The number of benzene rings is 2. The fourth-order valence-electron chi connectivity index (χ4n) is 2.95. The molecule has 2 aromatic carbocycles. The van der Waals surface area contributed by atoms with Crippen LogP contribution in [0.25, 0.3) is 11.0 Å². The Hall–Kier alpha value is -3.20. The van der Waals surface area contributed by atoms with Crippen LogP contribution in [0.2, 0.25) is 0 Å². The van der Waals surface area contributed by atoms with Gasteiger partial charge < -0.3 is 14.8 Å². The minimum atomic E-state index is -3.82. The zero-order chi connectivity index (χ0) is 20.1. The van der Waals surface area contributed by atoms with Crippen molar-refractivity contribution in [2.24, 2.45) is 0 Å². The number of alkyl halides is 3. The van der Waals surface area contributed by atoms with Gasteiger partial charge in [0.1, 0.15) is 5.75 Å². The molecule has 1 unspecified atom stereocenters. The molecule has 1 atom stereocenters. The average Bonchev–Trinajstić information content (AvgIpc) is 3.04. The van der Waals surface area contributed by atoms with Gasteiger partial charge in [0.05, 0.1) is 22.9 Å². The van der Waals surface area contributed by atoms with Gasteiger partial charge in [0.2, 0.25) is 0 Å². The Morgan fingerprint density at radius 1 is 1.32 bits per heavy atom. The molecule has 7 nitrogen and oxygen atoms in total. The SMILES string of the molecule is CC1OC(=O)c2cc(C(=O)Nc3ccc(OC(F)(F)Cl)cc3)cc3ncn1c23. The molecular formula is C18H12ClF2N3O4. The first kappa shape index (κ1) is 18.2. The molecule has 0 bridgehead atoms. The number of carbonyl (C=O) groups excluding carboxylic acids is 2. The van der Waals surface area contributed by atoms with Crippen LogP contribution in [-0.4, -0.2) is 27.0 Å². The summed E-state index contributed by atoms with van der Waals surface area (Å²) in [5.41, 5.74) is -1.95. The molecule has 4 rings (SSSR count). The lowest BCUT2D eigenvalue weighted by Crippen LogP contribution is -2.22. The number of nitrogens with one attached hydrogen (secondary N) is 1. The number of amides is 1. The number of ether oxygens (including phenoxy) is 2. The lowest BCUT2D eigenvalue weighted by molar-refractivity contribution is -0.0964. The minimum absolute atomic E-state index is 0.161. The number of anilines is 1. The molecule has 0 saturated carbocycles. The third-order valence-electron chi connectivity index (χ3n) is 4.17. The maximum Gasteiger partial charge on any atom is 0.487 e. The Morgan fingerprint density at radius 3 is 2.71 bits per heavy atom. The molecule has 0 spiro atoms. The number of imidazole rings is 1. The van der Waals surface area contributed by atoms with Crippen molar-refractivity contribution >= 4 is 40.2 Å². The number of hydrogen-bond acceptors (Lipinski definition) is 5. The fourth-order valence-corrected chi connectivity index (χ4v) is 3.04. The summed E-state index contributed by atoms with van der Waals surface area (Å²) >= 11 is 4.70. The van der Waals surface area contributed by atoms with Gasteiger partial charge in [-0.05, 0) is 43.3 Å². The summed E-state index contributed by atoms with van der Waals surface area (Å²) in [5.74, 6) is -1.20. The van der Waals surface area contributed by atoms with Crippen LogP contribution in [0.1, 0.15) is 33.9 Å². The van der Waals surface area contributed by atoms with E-state index in [9.17, 15) is 18.4 Å². The van der Waals surface area contributed by atoms with Gasteiger partial charge in [0, 0.05) is 22.9 Å². The molecule has 28 heavy (non-hydrogen) atoms. The Bertz CT molecular complexity index is 1090. The zero-order valence-corrected chi connectivity index (χ0v) is 15.0. The fraction of sp³-hybridized carbons (Fsp3) is 0.167. The molecule has 1 aromatic heterocycles. The van der Waals surface area contributed by atoms with Crippen molar-refractivity contribution in [2.45, 2.75) is 18.7 Å². The molecule has 0 radical (unpaired) electrons. The topological polar surface area (TPSA) is 82.5 Å². The molecule has 1 aliphatic rings. The summed E-state index contributed by atoms with van der Waals surface area (Å²) in [7, 11) is 0. The van der Waals surface area contributed by atoms with Gasteiger partial charge in [-0.3, -0.25) is 9.36 Å². The predicted molar refractivity (Wildman–Crippen MR) is 95.7 cm³/mol. The van der Waals surface area contributed by atoms with E-state index < -0.39 is 23.7 Å². The van der Waals surface area contributed by atoms with E-state index in [1.807, 2.05) is 0 Å². The van der Waals surface area contributed by atoms with Gasteiger partial charge in [0.15, 0.2) is 6.23 Å². The highest BCUT2D eigenvalue weighted by molar-refractivity contribution is 6.20. The summed E-state index contributed by atoms with van der Waals surface area (Å²) in [6.45, 7) is 1.72. The first-order valence-electron chi connectivity index (χ1n) is 8.10. The maximum atomic E-state index is 12.6. The number of nitrogens with zero attached hydrogens (tertiary/aromatic N) is 2. The van der Waals surface area contributed by atoms with Crippen molar-refractivity contribution in [2.75, 3.05) is 5.32 Å². The van der Waals surface area contributed by atoms with Crippen LogP contribution < -0.4 is 10.1 Å². The van der Waals surface area contributed by atoms with Crippen LogP contribution in [0.15, 0.2) is 42.7 Å². The van der Waals surface area contributed by atoms with Crippen LogP contribution in [0.3, 0.4) is 0 Å². The molecule has 0 fully saturated rings. The van der Waals surface area contributed by atoms with Crippen molar-refractivity contribution in [1.29, 1.82) is 0 Å². The summed E-state index contributed by atoms with van der Waals surface area (Å²) in [5, 5.41) is 2.61. The lowest BCUT2D eigenvalue weighted by atomic mass is 10.1. The van der Waals surface area contributed by atoms with Crippen LogP contribution in [0, 0.1) is 0 Å². The first-order valence-corrected chi connectivity index (χ1v) is 8.48. The number of halogens is 3. The van der Waals surface area contributed by atoms with Crippen molar-refractivity contribution in [3.8, 4) is 5.75 Å². The van der Waals surface area contributed by atoms with E-state index >= 15 is 0 Å². The Labute approximate surface area is 161 Å². The van der Waals surface area contributed by atoms with E-state index in [1.165, 1.54) is 30.3 Å². The second-order valence-corrected chi connectivity index (χ2v) is 6.51. The molecule has 10 heteroatoms. The average molecular weight is 408 g/mol. The molecule has 3 aromatic rings. The Morgan fingerprint density at radius 2 is 2.04 bits per heavy atom. The van der Waals surface area contributed by atoms with Gasteiger partial charge in [0.25, 0.3) is 5.91 Å². The molecule has 1 aliphatic heterocycles.